The second kappa shape index (κ2) is 50.7. The predicted molar refractivity (Wildman–Crippen MR) is 439 cm³/mol. The second-order valence-electron chi connectivity index (χ2n) is 29.6. The smallest absolute Gasteiger partial charge is 0.159 e. The Balaban J connectivity index is 0.000000414. The molecule has 6 fully saturated rings. The first kappa shape index (κ1) is 94.3. The van der Waals surface area contributed by atoms with Crippen molar-refractivity contribution < 1.29 is 51.0 Å². The Morgan fingerprint density at radius 1 is 0.505 bits per heavy atom. The first-order valence-electron chi connectivity index (χ1n) is 37.4. The zero-order valence-corrected chi connectivity index (χ0v) is 70.1. The Morgan fingerprint density at radius 2 is 0.835 bits per heavy atom. The zero-order valence-electron chi connectivity index (χ0n) is 65.2. The third-order valence-electron chi connectivity index (χ3n) is 17.2. The standard InChI is InChI=1S/C17H27NO2S.C17H25NO2S.C13H19NO.C13H16O2.C8H8O2.C5H9Br.C4H11NOS.C4H8O.C2H6.ClH/c2*1-13(18-21(19)17(2,3)4)14-8-7-11-16(12-14)20-15-9-5-6-10-15;2*1-10(14)11-5-4-8-13(9-11)15-12-6-2-3-7-12;1-6(9)7-3-2-4-8(10)5-7;6-5-3-1-2-4-5;1-4(2,3)7(5)6;1-2-4-5-3-1;1-2;/h7-8,11-13,15,18H,5-6,9-10H2,1-4H3;7-8,11-12,15H,5-6,9-10H2,1-4H3;4-5,8-10,12H,2-3,6-7,14H2,1H3;4-5,8-9,12H,2-3,6-7H2,1H3;2-5,10H,1H3;5H,1-4H2;5H2,1-3H3;1-4H2;1-2H3;1H/t13-,21-;;10-;;;;7-;;;/m1.1...1.../s1. The van der Waals surface area contributed by atoms with Crippen LogP contribution in [0.15, 0.2) is 126 Å². The number of phenols is 1. The van der Waals surface area contributed by atoms with E-state index in [0.717, 1.165) is 108 Å². The van der Waals surface area contributed by atoms with E-state index in [1.807, 2.05) is 176 Å². The van der Waals surface area contributed by atoms with Crippen LogP contribution < -0.4 is 34.5 Å². The van der Waals surface area contributed by atoms with Crippen molar-refractivity contribution in [2.45, 2.75) is 308 Å². The number of rotatable bonds is 16. The van der Waals surface area contributed by atoms with Gasteiger partial charge in [-0.1, -0.05) is 103 Å². The molecule has 5 aromatic carbocycles. The molecule has 5 aromatic rings. The molecule has 1 unspecified atom stereocenters. The summed E-state index contributed by atoms with van der Waals surface area (Å²) >= 11 is 3.54. The van der Waals surface area contributed by atoms with Gasteiger partial charge in [0.15, 0.2) is 11.6 Å². The molecule has 0 bridgehead atoms. The van der Waals surface area contributed by atoms with Crippen LogP contribution in [0.2, 0.25) is 0 Å². The van der Waals surface area contributed by atoms with Crippen molar-refractivity contribution in [3.8, 4) is 28.7 Å². The number of alkyl halides is 1. The van der Waals surface area contributed by atoms with Gasteiger partial charge in [0, 0.05) is 46.8 Å². The average molecular weight is 1570 g/mol. The number of carbonyl (C=O) groups is 2. The molecule has 580 valence electrons. The second-order valence-corrected chi connectivity index (χ2v) is 36.6. The zero-order chi connectivity index (χ0) is 75.8. The molecule has 6 aliphatic rings. The lowest BCUT2D eigenvalue weighted by atomic mass is 10.1. The minimum absolute atomic E-state index is 0. The molecular formula is C83H130BrClN4O11S3. The highest BCUT2D eigenvalue weighted by Crippen LogP contribution is 2.31. The third-order valence-corrected chi connectivity index (χ3v) is 22.5. The fourth-order valence-electron chi connectivity index (χ4n) is 10.9. The molecular weight excluding hydrogens is 1440 g/mol. The molecule has 5 atom stereocenters. The number of aromatic hydroxyl groups is 1. The summed E-state index contributed by atoms with van der Waals surface area (Å²) in [5.74, 6) is 3.80. The van der Waals surface area contributed by atoms with E-state index >= 15 is 0 Å². The van der Waals surface area contributed by atoms with E-state index in [0.29, 0.717) is 30.0 Å². The highest BCUT2D eigenvalue weighted by Gasteiger charge is 2.25. The number of Topliss-reactive ketones (excluding diaryl/α,β-unsaturated/α-hetero) is 2. The average Bonchev–Trinajstić information content (AvgIpc) is 1.81. The van der Waals surface area contributed by atoms with Crippen molar-refractivity contribution in [1.82, 2.24) is 4.72 Å². The first-order valence-corrected chi connectivity index (χ1v) is 41.8. The van der Waals surface area contributed by atoms with Crippen molar-refractivity contribution >= 4 is 78.6 Å². The number of hydrogen-bond donors (Lipinski definition) is 4. The minimum Gasteiger partial charge on any atom is -0.508 e. The maximum atomic E-state index is 12.2. The lowest BCUT2D eigenvalue weighted by Gasteiger charge is -2.22. The molecule has 1 heterocycles. The molecule has 0 radical (unpaired) electrons. The molecule has 1 saturated heterocycles. The fraction of sp³-hybridized carbons (Fsp3) is 0.602. The summed E-state index contributed by atoms with van der Waals surface area (Å²) < 4.78 is 70.0. The number of halogens is 2. The number of carbonyl (C=O) groups excluding carboxylic acids is 2. The van der Waals surface area contributed by atoms with Gasteiger partial charge in [-0.25, -0.2) is 17.3 Å². The topological polar surface area (TPSA) is 228 Å². The molecule has 5 saturated carbocycles. The van der Waals surface area contributed by atoms with E-state index in [2.05, 4.69) is 43.2 Å². The van der Waals surface area contributed by atoms with Gasteiger partial charge in [0.25, 0.3) is 0 Å². The summed E-state index contributed by atoms with van der Waals surface area (Å²) in [6.45, 7) is 32.2. The van der Waals surface area contributed by atoms with Gasteiger partial charge in [-0.15, -0.1) is 12.4 Å². The summed E-state index contributed by atoms with van der Waals surface area (Å²) in [5, 5.41) is 14.0. The van der Waals surface area contributed by atoms with Crippen LogP contribution in [-0.4, -0.2) is 91.7 Å². The molecule has 11 rings (SSSR count). The Hall–Kier alpha value is -4.83. The van der Waals surface area contributed by atoms with Gasteiger partial charge in [-0.3, -0.25) is 14.7 Å². The Labute approximate surface area is 643 Å². The Morgan fingerprint density at radius 3 is 1.15 bits per heavy atom. The monoisotopic (exact) mass is 1570 g/mol. The number of ketones is 2. The molecule has 6 N–H and O–H groups in total. The molecule has 15 nitrogen and oxygen atoms in total. The summed E-state index contributed by atoms with van der Waals surface area (Å²) in [4.78, 5) is 22.7. The number of benzene rings is 5. The van der Waals surface area contributed by atoms with Crippen molar-refractivity contribution in [2.24, 2.45) is 15.3 Å². The van der Waals surface area contributed by atoms with Crippen LogP contribution in [0.3, 0.4) is 0 Å². The molecule has 0 amide bonds. The van der Waals surface area contributed by atoms with Gasteiger partial charge >= 0.3 is 0 Å². The first-order chi connectivity index (χ1) is 48.3. The SMILES string of the molecule is BrC1CCCC1.C1CCOC1.CC.CC(=NS(=O)C(C)(C)C)c1cccc(OC2CCCC2)c1.CC(=O)c1cccc(O)c1.CC(=O)c1cccc(OC2CCCC2)c1.CC(C)(C)[S@](N)=O.C[C@@H](N)c1cccc(OC2CCCC2)c1.C[C@@H](N[S@](=O)C(C)(C)C)c1cccc(OC2CCCC2)c1.Cl. The van der Waals surface area contributed by atoms with Gasteiger partial charge in [0.1, 0.15) is 39.7 Å². The van der Waals surface area contributed by atoms with Crippen molar-refractivity contribution in [3.63, 3.8) is 0 Å². The quantitative estimate of drug-likeness (QED) is 0.0411. The van der Waals surface area contributed by atoms with E-state index in [1.54, 1.807) is 19.1 Å². The van der Waals surface area contributed by atoms with Crippen LogP contribution in [-0.2, 0) is 37.7 Å². The van der Waals surface area contributed by atoms with Gasteiger partial charge < -0.3 is 34.5 Å². The lowest BCUT2D eigenvalue weighted by molar-refractivity contribution is 0.100. The van der Waals surface area contributed by atoms with Gasteiger partial charge in [0.2, 0.25) is 0 Å². The third kappa shape index (κ3) is 40.6. The summed E-state index contributed by atoms with van der Waals surface area (Å²) in [7, 11) is -3.48. The summed E-state index contributed by atoms with van der Waals surface area (Å²) in [6, 6.07) is 38.1. The van der Waals surface area contributed by atoms with Crippen LogP contribution in [0.4, 0.5) is 0 Å². The normalized spacial score (nSPS) is 17.7. The van der Waals surface area contributed by atoms with Gasteiger partial charge in [-0.05, 0) is 297 Å². The molecule has 0 spiro atoms. The highest BCUT2D eigenvalue weighted by atomic mass is 79.9. The summed E-state index contributed by atoms with van der Waals surface area (Å²) in [5.41, 5.74) is 11.1. The highest BCUT2D eigenvalue weighted by molar-refractivity contribution is 9.09. The van der Waals surface area contributed by atoms with E-state index in [-0.39, 0.29) is 56.0 Å². The number of ether oxygens (including phenoxy) is 5. The molecule has 1 aliphatic heterocycles. The number of phenolic OH excluding ortho intramolecular Hbond substituents is 1. The maximum Gasteiger partial charge on any atom is 0.159 e. The fourth-order valence-corrected chi connectivity index (χ4v) is 13.0. The van der Waals surface area contributed by atoms with Crippen LogP contribution >= 0.6 is 28.3 Å². The van der Waals surface area contributed by atoms with Crippen molar-refractivity contribution in [2.75, 3.05) is 13.2 Å². The van der Waals surface area contributed by atoms with Gasteiger partial charge in [0.05, 0.1) is 66.3 Å². The van der Waals surface area contributed by atoms with Crippen LogP contribution in [0, 0.1) is 0 Å². The molecule has 5 aliphatic carbocycles. The molecule has 20 heteroatoms. The minimum atomic E-state index is -1.23. The van der Waals surface area contributed by atoms with Crippen LogP contribution in [0.1, 0.15) is 302 Å². The van der Waals surface area contributed by atoms with E-state index < -0.39 is 33.0 Å². The van der Waals surface area contributed by atoms with Crippen LogP contribution in [0.5, 0.6) is 28.7 Å². The largest absolute Gasteiger partial charge is 0.508 e. The van der Waals surface area contributed by atoms with Gasteiger partial charge in [-0.2, -0.15) is 4.40 Å². The Bertz CT molecular complexity index is 3280. The molecule has 0 aromatic heterocycles. The van der Waals surface area contributed by atoms with Crippen molar-refractivity contribution in [1.29, 1.82) is 0 Å². The number of nitrogens with two attached hydrogens (primary N) is 2. The lowest BCUT2D eigenvalue weighted by Crippen LogP contribution is -2.34. The summed E-state index contributed by atoms with van der Waals surface area (Å²) in [6.07, 6.45) is 29.2. The Kier molecular flexibility index (Phi) is 46.4. The molecule has 103 heavy (non-hydrogen) atoms. The number of nitrogens with zero attached hydrogens (tertiary/aromatic N) is 1. The number of hydrogen-bond acceptors (Lipinski definition) is 12. The number of nitrogens with one attached hydrogen (secondary N) is 1. The van der Waals surface area contributed by atoms with E-state index in [1.165, 1.54) is 122 Å². The predicted octanol–water partition coefficient (Wildman–Crippen LogP) is 21.2. The van der Waals surface area contributed by atoms with Crippen molar-refractivity contribution in [3.05, 3.63) is 149 Å². The maximum absolute atomic E-state index is 12.2. The van der Waals surface area contributed by atoms with E-state index in [9.17, 15) is 22.2 Å². The van der Waals surface area contributed by atoms with E-state index in [4.69, 9.17) is 39.7 Å². The van der Waals surface area contributed by atoms with Crippen LogP contribution in [0.25, 0.3) is 0 Å².